The van der Waals surface area contributed by atoms with Gasteiger partial charge in [-0.05, 0) is 73.7 Å². The molecule has 0 aliphatic rings. The molecule has 0 saturated heterocycles. The van der Waals surface area contributed by atoms with Crippen molar-refractivity contribution in [3.05, 3.63) is 118 Å². The monoisotopic (exact) mass is 514 g/mol. The van der Waals surface area contributed by atoms with E-state index in [1.165, 1.54) is 46.7 Å². The van der Waals surface area contributed by atoms with E-state index in [-0.39, 0.29) is 0 Å². The van der Waals surface area contributed by atoms with Gasteiger partial charge in [0.15, 0.2) is 0 Å². The lowest BCUT2D eigenvalue weighted by Crippen LogP contribution is -1.82. The molecule has 0 unspecified atom stereocenters. The van der Waals surface area contributed by atoms with Gasteiger partial charge >= 0.3 is 0 Å². The molecule has 0 N–H and O–H groups in total. The molecule has 5 aromatic rings. The summed E-state index contributed by atoms with van der Waals surface area (Å²) in [4.78, 5) is 1.32. The molecular weight excluding hydrogens is 495 g/mol. The van der Waals surface area contributed by atoms with Crippen LogP contribution < -0.4 is 0 Å². The van der Waals surface area contributed by atoms with Gasteiger partial charge < -0.3 is 0 Å². The van der Waals surface area contributed by atoms with E-state index in [1.54, 1.807) is 0 Å². The number of hydrogen-bond donors (Lipinski definition) is 0. The van der Waals surface area contributed by atoms with E-state index in [2.05, 4.69) is 138 Å². The summed E-state index contributed by atoms with van der Waals surface area (Å²) in [5.74, 6) is 0. The molecule has 0 saturated carbocycles. The molecule has 0 aliphatic carbocycles. The fraction of sp³-hybridized carbons (Fsp3) is 0. The van der Waals surface area contributed by atoms with E-state index < -0.39 is 0 Å². The Morgan fingerprint density at radius 3 is 1.10 bits per heavy atom. The second kappa shape index (κ2) is 8.58. The number of thiophene rings is 1. The second-order valence-electron chi connectivity index (χ2n) is 7.20. The topological polar surface area (TPSA) is 0 Å². The van der Waals surface area contributed by atoms with Gasteiger partial charge in [0.25, 0.3) is 0 Å². The van der Waals surface area contributed by atoms with Crippen molar-refractivity contribution in [1.29, 1.82) is 0 Å². The van der Waals surface area contributed by atoms with Crippen LogP contribution in [-0.2, 0) is 0 Å². The van der Waals surface area contributed by atoms with Crippen LogP contribution in [0, 0.1) is 2.88 Å². The van der Waals surface area contributed by atoms with Gasteiger partial charge in [0, 0.05) is 4.88 Å². The maximum absolute atomic E-state index is 2.37. The molecule has 2 heteroatoms. The number of hydrogen-bond acceptors (Lipinski definition) is 1. The third-order valence-electron chi connectivity index (χ3n) is 5.29. The van der Waals surface area contributed by atoms with E-state index in [0.717, 1.165) is 0 Å². The van der Waals surface area contributed by atoms with Crippen molar-refractivity contribution in [3.63, 3.8) is 0 Å². The first-order valence-electron chi connectivity index (χ1n) is 9.88. The molecule has 0 fully saturated rings. The predicted molar refractivity (Wildman–Crippen MR) is 139 cm³/mol. The smallest absolute Gasteiger partial charge is 0.0660 e. The SMILES string of the molecule is Ic1ccc(-c2ccc(-c3ccc(-c4ccc(-c5ccccc5)cc4)cc3)cc2)s1. The molecule has 0 atom stereocenters. The molecule has 4 aromatic carbocycles. The van der Waals surface area contributed by atoms with Crippen molar-refractivity contribution in [2.45, 2.75) is 0 Å². The highest BCUT2D eigenvalue weighted by molar-refractivity contribution is 14.1. The summed E-state index contributed by atoms with van der Waals surface area (Å²) >= 11 is 4.20. The lowest BCUT2D eigenvalue weighted by Gasteiger charge is -2.07. The Morgan fingerprint density at radius 2 is 0.733 bits per heavy atom. The Hall–Kier alpha value is -2.69. The average Bonchev–Trinajstić information content (AvgIpc) is 3.26. The van der Waals surface area contributed by atoms with Crippen LogP contribution in [0.4, 0.5) is 0 Å². The summed E-state index contributed by atoms with van der Waals surface area (Å²) in [5, 5.41) is 0. The van der Waals surface area contributed by atoms with Gasteiger partial charge in [-0.15, -0.1) is 11.3 Å². The third kappa shape index (κ3) is 4.11. The molecule has 1 aromatic heterocycles. The lowest BCUT2D eigenvalue weighted by atomic mass is 9.97. The molecule has 0 bridgehead atoms. The summed E-state index contributed by atoms with van der Waals surface area (Å²) in [6, 6.07) is 41.4. The number of halogens is 1. The highest BCUT2D eigenvalue weighted by atomic mass is 127. The van der Waals surface area contributed by atoms with E-state index in [9.17, 15) is 0 Å². The molecule has 0 radical (unpaired) electrons. The van der Waals surface area contributed by atoms with Crippen molar-refractivity contribution in [2.24, 2.45) is 0 Å². The fourth-order valence-corrected chi connectivity index (χ4v) is 5.26. The first kappa shape index (κ1) is 19.3. The Labute approximate surface area is 195 Å². The van der Waals surface area contributed by atoms with Crippen LogP contribution in [0.5, 0.6) is 0 Å². The normalized spacial score (nSPS) is 10.8. The predicted octanol–water partition coefficient (Wildman–Crippen LogP) is 9.02. The standard InChI is InChI=1S/C28H19IS/c29-28-19-18-27(30-28)26-16-14-25(15-17-26)24-12-10-23(11-13-24)22-8-6-21(7-9-22)20-4-2-1-3-5-20/h1-19H. The molecular formula is C28H19IS. The van der Waals surface area contributed by atoms with Crippen LogP contribution in [0.3, 0.4) is 0 Å². The highest BCUT2D eigenvalue weighted by Gasteiger charge is 2.04. The minimum atomic E-state index is 1.24. The number of benzene rings is 4. The minimum Gasteiger partial charge on any atom is -0.129 e. The van der Waals surface area contributed by atoms with E-state index in [0.29, 0.717) is 0 Å². The van der Waals surface area contributed by atoms with Gasteiger partial charge in [-0.25, -0.2) is 0 Å². The van der Waals surface area contributed by atoms with Crippen LogP contribution in [0.15, 0.2) is 115 Å². The van der Waals surface area contributed by atoms with Crippen molar-refractivity contribution >= 4 is 33.9 Å². The van der Waals surface area contributed by atoms with Gasteiger partial charge in [-0.2, -0.15) is 0 Å². The largest absolute Gasteiger partial charge is 0.129 e. The quantitative estimate of drug-likeness (QED) is 0.210. The van der Waals surface area contributed by atoms with Gasteiger partial charge in [0.2, 0.25) is 0 Å². The fourth-order valence-electron chi connectivity index (χ4n) is 3.64. The summed E-state index contributed by atoms with van der Waals surface area (Å²) in [6.07, 6.45) is 0. The van der Waals surface area contributed by atoms with E-state index >= 15 is 0 Å². The summed E-state index contributed by atoms with van der Waals surface area (Å²) in [5.41, 5.74) is 8.74. The minimum absolute atomic E-state index is 1.24. The van der Waals surface area contributed by atoms with Crippen LogP contribution >= 0.6 is 33.9 Å². The molecule has 5 rings (SSSR count). The molecule has 0 nitrogen and oxygen atoms in total. The summed E-state index contributed by atoms with van der Waals surface area (Å²) in [6.45, 7) is 0. The molecule has 0 spiro atoms. The van der Waals surface area contributed by atoms with Gasteiger partial charge in [0.1, 0.15) is 0 Å². The second-order valence-corrected chi connectivity index (χ2v) is 10.2. The zero-order valence-electron chi connectivity index (χ0n) is 16.3. The highest BCUT2D eigenvalue weighted by Crippen LogP contribution is 2.32. The van der Waals surface area contributed by atoms with Crippen molar-refractivity contribution in [3.8, 4) is 43.8 Å². The summed E-state index contributed by atoms with van der Waals surface area (Å²) < 4.78 is 1.32. The molecule has 0 aliphatic heterocycles. The Kier molecular flexibility index (Phi) is 5.52. The van der Waals surface area contributed by atoms with Crippen LogP contribution in [-0.4, -0.2) is 0 Å². The molecule has 30 heavy (non-hydrogen) atoms. The molecule has 144 valence electrons. The van der Waals surface area contributed by atoms with Gasteiger partial charge in [0.05, 0.1) is 2.88 Å². The lowest BCUT2D eigenvalue weighted by molar-refractivity contribution is 1.57. The Balaban J connectivity index is 1.35. The molecule has 0 amide bonds. The van der Waals surface area contributed by atoms with Crippen LogP contribution in [0.25, 0.3) is 43.8 Å². The van der Waals surface area contributed by atoms with Gasteiger partial charge in [-0.3, -0.25) is 0 Å². The van der Waals surface area contributed by atoms with Gasteiger partial charge in [-0.1, -0.05) is 103 Å². The van der Waals surface area contributed by atoms with Crippen molar-refractivity contribution in [1.82, 2.24) is 0 Å². The van der Waals surface area contributed by atoms with Crippen molar-refractivity contribution < 1.29 is 0 Å². The zero-order chi connectivity index (χ0) is 20.3. The Morgan fingerprint density at radius 1 is 0.367 bits per heavy atom. The zero-order valence-corrected chi connectivity index (χ0v) is 19.2. The maximum Gasteiger partial charge on any atom is 0.0660 e. The van der Waals surface area contributed by atoms with E-state index in [1.807, 2.05) is 11.3 Å². The molecule has 1 heterocycles. The average molecular weight is 514 g/mol. The first-order chi connectivity index (χ1) is 14.8. The first-order valence-corrected chi connectivity index (χ1v) is 11.8. The van der Waals surface area contributed by atoms with E-state index in [4.69, 9.17) is 0 Å². The van der Waals surface area contributed by atoms with Crippen LogP contribution in [0.1, 0.15) is 0 Å². The Bertz CT molecular complexity index is 1250. The van der Waals surface area contributed by atoms with Crippen LogP contribution in [0.2, 0.25) is 0 Å². The number of rotatable bonds is 4. The maximum atomic E-state index is 2.37. The summed E-state index contributed by atoms with van der Waals surface area (Å²) in [7, 11) is 0. The third-order valence-corrected chi connectivity index (χ3v) is 7.23. The van der Waals surface area contributed by atoms with Crippen molar-refractivity contribution in [2.75, 3.05) is 0 Å².